The van der Waals surface area contributed by atoms with E-state index in [-0.39, 0.29) is 0 Å². The molecule has 0 radical (unpaired) electrons. The van der Waals surface area contributed by atoms with Crippen LogP contribution in [0.3, 0.4) is 0 Å². The third-order valence-corrected chi connectivity index (χ3v) is 4.44. The predicted octanol–water partition coefficient (Wildman–Crippen LogP) is 2.56. The van der Waals surface area contributed by atoms with Gasteiger partial charge in [-0.2, -0.15) is 0 Å². The van der Waals surface area contributed by atoms with Crippen molar-refractivity contribution in [2.75, 3.05) is 18.5 Å². The molecule has 1 N–H and O–H groups in total. The van der Waals surface area contributed by atoms with Gasteiger partial charge < -0.3 is 10.1 Å². The zero-order chi connectivity index (χ0) is 14.1. The number of aromatic nitrogens is 2. The van der Waals surface area contributed by atoms with E-state index < -0.39 is 0 Å². The Kier molecular flexibility index (Phi) is 3.31. The predicted molar refractivity (Wildman–Crippen MR) is 81.5 cm³/mol. The molecule has 4 rings (SSSR count). The highest BCUT2D eigenvalue weighted by molar-refractivity contribution is 5.42. The van der Waals surface area contributed by atoms with E-state index in [1.807, 2.05) is 0 Å². The summed E-state index contributed by atoms with van der Waals surface area (Å²) in [5.74, 6) is 1.36. The van der Waals surface area contributed by atoms with Crippen molar-refractivity contribution in [1.29, 1.82) is 0 Å². The van der Waals surface area contributed by atoms with Crippen molar-refractivity contribution in [3.05, 3.63) is 53.5 Å². The second-order valence-electron chi connectivity index (χ2n) is 5.91. The third kappa shape index (κ3) is 2.63. The molecule has 1 fully saturated rings. The van der Waals surface area contributed by atoms with Crippen molar-refractivity contribution in [1.82, 2.24) is 9.97 Å². The standard InChI is InChI=1S/C17H19N3O/c1-2-4-13-8-15(7-12(13)3-1)20-17-9-16(18-11-19-17)14-5-6-21-10-14/h1-4,9,11,14-15H,5-8,10H2,(H,18,19,20)/t14-/m0/s1. The summed E-state index contributed by atoms with van der Waals surface area (Å²) in [6.07, 6.45) is 4.87. The fourth-order valence-corrected chi connectivity index (χ4v) is 3.31. The number of rotatable bonds is 3. The molecular weight excluding hydrogens is 262 g/mol. The van der Waals surface area contributed by atoms with Gasteiger partial charge in [0.2, 0.25) is 0 Å². The molecule has 1 saturated heterocycles. The fraction of sp³-hybridized carbons (Fsp3) is 0.412. The zero-order valence-electron chi connectivity index (χ0n) is 12.0. The molecule has 21 heavy (non-hydrogen) atoms. The Morgan fingerprint density at radius 2 is 1.90 bits per heavy atom. The number of hydrogen-bond donors (Lipinski definition) is 1. The number of benzene rings is 1. The number of nitrogens with one attached hydrogen (secondary N) is 1. The summed E-state index contributed by atoms with van der Waals surface area (Å²) in [5, 5.41) is 3.56. The summed E-state index contributed by atoms with van der Waals surface area (Å²) in [7, 11) is 0. The largest absolute Gasteiger partial charge is 0.381 e. The Morgan fingerprint density at radius 3 is 2.62 bits per heavy atom. The first kappa shape index (κ1) is 12.8. The molecule has 0 spiro atoms. The minimum Gasteiger partial charge on any atom is -0.381 e. The molecule has 1 aliphatic heterocycles. The number of ether oxygens (including phenoxy) is 1. The second-order valence-corrected chi connectivity index (χ2v) is 5.91. The lowest BCUT2D eigenvalue weighted by atomic mass is 10.0. The zero-order valence-corrected chi connectivity index (χ0v) is 12.0. The third-order valence-electron chi connectivity index (χ3n) is 4.44. The number of nitrogens with zero attached hydrogens (tertiary/aromatic N) is 2. The Labute approximate surface area is 124 Å². The molecule has 1 atom stereocenters. The van der Waals surface area contributed by atoms with E-state index in [9.17, 15) is 0 Å². The molecule has 0 amide bonds. The van der Waals surface area contributed by atoms with E-state index in [4.69, 9.17) is 4.74 Å². The molecule has 108 valence electrons. The minimum atomic E-state index is 0.425. The van der Waals surface area contributed by atoms with Gasteiger partial charge in [-0.3, -0.25) is 0 Å². The van der Waals surface area contributed by atoms with Gasteiger partial charge in [-0.25, -0.2) is 9.97 Å². The maximum absolute atomic E-state index is 5.45. The van der Waals surface area contributed by atoms with Crippen LogP contribution < -0.4 is 5.32 Å². The molecule has 2 heterocycles. The molecule has 2 aliphatic rings. The van der Waals surface area contributed by atoms with Crippen LogP contribution in [-0.4, -0.2) is 29.2 Å². The summed E-state index contributed by atoms with van der Waals surface area (Å²) < 4.78 is 5.45. The molecule has 0 unspecified atom stereocenters. The van der Waals surface area contributed by atoms with E-state index in [1.54, 1.807) is 6.33 Å². The highest BCUT2D eigenvalue weighted by atomic mass is 16.5. The van der Waals surface area contributed by atoms with Gasteiger partial charge in [0.05, 0.1) is 12.3 Å². The van der Waals surface area contributed by atoms with Crippen LogP contribution in [-0.2, 0) is 17.6 Å². The van der Waals surface area contributed by atoms with Gasteiger partial charge in [-0.05, 0) is 30.4 Å². The Bertz CT molecular complexity index is 612. The first-order valence-corrected chi connectivity index (χ1v) is 7.61. The summed E-state index contributed by atoms with van der Waals surface area (Å²) in [6, 6.07) is 11.2. The SMILES string of the molecule is c1ccc2c(c1)CC(Nc1cc([C@H]3CCOC3)ncn1)C2. The lowest BCUT2D eigenvalue weighted by Crippen LogP contribution is -2.20. The van der Waals surface area contributed by atoms with Gasteiger partial charge in [-0.15, -0.1) is 0 Å². The van der Waals surface area contributed by atoms with Gasteiger partial charge in [0.15, 0.2) is 0 Å². The van der Waals surface area contributed by atoms with Gasteiger partial charge in [-0.1, -0.05) is 24.3 Å². The lowest BCUT2D eigenvalue weighted by molar-refractivity contribution is 0.193. The van der Waals surface area contributed by atoms with E-state index in [1.165, 1.54) is 11.1 Å². The van der Waals surface area contributed by atoms with Crippen molar-refractivity contribution in [3.8, 4) is 0 Å². The summed E-state index contributed by atoms with van der Waals surface area (Å²) >= 11 is 0. The fourth-order valence-electron chi connectivity index (χ4n) is 3.31. The first-order valence-electron chi connectivity index (χ1n) is 7.61. The van der Waals surface area contributed by atoms with E-state index in [2.05, 4.69) is 45.6 Å². The van der Waals surface area contributed by atoms with Crippen molar-refractivity contribution < 1.29 is 4.74 Å². The average Bonchev–Trinajstić information content (AvgIpc) is 3.16. The van der Waals surface area contributed by atoms with Gasteiger partial charge in [0.25, 0.3) is 0 Å². The second kappa shape index (κ2) is 5.45. The normalized spacial score (nSPS) is 21.4. The van der Waals surface area contributed by atoms with Gasteiger partial charge in [0, 0.05) is 24.6 Å². The number of anilines is 1. The van der Waals surface area contributed by atoms with Crippen LogP contribution in [0.1, 0.15) is 29.2 Å². The molecule has 4 heteroatoms. The average molecular weight is 281 g/mol. The van der Waals surface area contributed by atoms with Crippen LogP contribution in [0.25, 0.3) is 0 Å². The quantitative estimate of drug-likeness (QED) is 0.939. The van der Waals surface area contributed by atoms with Crippen molar-refractivity contribution >= 4 is 5.82 Å². The maximum atomic E-state index is 5.45. The molecule has 4 nitrogen and oxygen atoms in total. The minimum absolute atomic E-state index is 0.425. The van der Waals surface area contributed by atoms with E-state index >= 15 is 0 Å². The summed E-state index contributed by atoms with van der Waals surface area (Å²) in [5.41, 5.74) is 4.00. The summed E-state index contributed by atoms with van der Waals surface area (Å²) in [4.78, 5) is 8.78. The molecule has 1 aromatic carbocycles. The lowest BCUT2D eigenvalue weighted by Gasteiger charge is -2.14. The molecule has 1 aliphatic carbocycles. The topological polar surface area (TPSA) is 47.0 Å². The Morgan fingerprint density at radius 1 is 1.10 bits per heavy atom. The van der Waals surface area contributed by atoms with Crippen molar-refractivity contribution in [3.63, 3.8) is 0 Å². The smallest absolute Gasteiger partial charge is 0.129 e. The molecular formula is C17H19N3O. The van der Waals surface area contributed by atoms with Crippen LogP contribution in [0.5, 0.6) is 0 Å². The monoisotopic (exact) mass is 281 g/mol. The maximum Gasteiger partial charge on any atom is 0.129 e. The van der Waals surface area contributed by atoms with Crippen LogP contribution in [0, 0.1) is 0 Å². The van der Waals surface area contributed by atoms with Crippen LogP contribution in [0.2, 0.25) is 0 Å². The van der Waals surface area contributed by atoms with Crippen LogP contribution in [0.4, 0.5) is 5.82 Å². The van der Waals surface area contributed by atoms with Crippen LogP contribution in [0.15, 0.2) is 36.7 Å². The molecule has 2 aromatic rings. The Hall–Kier alpha value is -1.94. The highest BCUT2D eigenvalue weighted by Crippen LogP contribution is 2.26. The van der Waals surface area contributed by atoms with Crippen molar-refractivity contribution in [2.24, 2.45) is 0 Å². The van der Waals surface area contributed by atoms with Gasteiger partial charge >= 0.3 is 0 Å². The van der Waals surface area contributed by atoms with Gasteiger partial charge in [0.1, 0.15) is 12.1 Å². The first-order chi connectivity index (χ1) is 10.4. The van der Waals surface area contributed by atoms with Crippen LogP contribution >= 0.6 is 0 Å². The Balaban J connectivity index is 1.47. The van der Waals surface area contributed by atoms with E-state index in [0.29, 0.717) is 12.0 Å². The molecule has 0 bridgehead atoms. The van der Waals surface area contributed by atoms with E-state index in [0.717, 1.165) is 44.0 Å². The summed E-state index contributed by atoms with van der Waals surface area (Å²) in [6.45, 7) is 1.63. The van der Waals surface area contributed by atoms with Crippen molar-refractivity contribution in [2.45, 2.75) is 31.2 Å². The number of hydrogen-bond acceptors (Lipinski definition) is 4. The molecule has 0 saturated carbocycles. The number of fused-ring (bicyclic) bond motifs is 1. The molecule has 1 aromatic heterocycles. The highest BCUT2D eigenvalue weighted by Gasteiger charge is 2.22.